The summed E-state index contributed by atoms with van der Waals surface area (Å²) >= 11 is 0. The van der Waals surface area contributed by atoms with Gasteiger partial charge in [-0.05, 0) is 41.7 Å². The minimum absolute atomic E-state index is 0.111. The van der Waals surface area contributed by atoms with Crippen LogP contribution in [-0.4, -0.2) is 32.7 Å². The first-order chi connectivity index (χ1) is 13.9. The van der Waals surface area contributed by atoms with E-state index < -0.39 is 5.97 Å². The summed E-state index contributed by atoms with van der Waals surface area (Å²) in [7, 11) is 2.78. The summed E-state index contributed by atoms with van der Waals surface area (Å²) in [5.41, 5.74) is 2.66. The Morgan fingerprint density at radius 2 is 1.69 bits per heavy atom. The molecule has 0 unspecified atom stereocenters. The van der Waals surface area contributed by atoms with Crippen LogP contribution in [0.4, 0.5) is 0 Å². The van der Waals surface area contributed by atoms with Crippen LogP contribution in [0.5, 0.6) is 11.5 Å². The Kier molecular flexibility index (Phi) is 8.07. The average Bonchev–Trinajstić information content (AvgIpc) is 2.75. The molecule has 0 bridgehead atoms. The number of rotatable bonds is 9. The SMILES string of the molecule is CCc1ccc([C@H](NC(=O)COc2ccc(C(=O)OC)cc2OC)C(C)C)cc1. The Morgan fingerprint density at radius 3 is 2.24 bits per heavy atom. The Bertz CT molecular complexity index is 830. The highest BCUT2D eigenvalue weighted by Crippen LogP contribution is 2.28. The molecule has 29 heavy (non-hydrogen) atoms. The second-order valence-electron chi connectivity index (χ2n) is 7.03. The quantitative estimate of drug-likeness (QED) is 0.647. The molecule has 6 nitrogen and oxygen atoms in total. The molecule has 1 amide bonds. The summed E-state index contributed by atoms with van der Waals surface area (Å²) in [6, 6.07) is 12.8. The van der Waals surface area contributed by atoms with Gasteiger partial charge in [0, 0.05) is 0 Å². The summed E-state index contributed by atoms with van der Waals surface area (Å²) in [5, 5.41) is 3.04. The lowest BCUT2D eigenvalue weighted by Crippen LogP contribution is -2.35. The first-order valence-corrected chi connectivity index (χ1v) is 9.66. The minimum atomic E-state index is -0.471. The van der Waals surface area contributed by atoms with Crippen molar-refractivity contribution in [3.05, 3.63) is 59.2 Å². The number of amides is 1. The average molecular weight is 399 g/mol. The maximum atomic E-state index is 12.5. The van der Waals surface area contributed by atoms with Gasteiger partial charge in [0.15, 0.2) is 18.1 Å². The Hall–Kier alpha value is -3.02. The molecular formula is C23H29NO5. The molecule has 0 aromatic heterocycles. The van der Waals surface area contributed by atoms with E-state index in [1.807, 2.05) is 0 Å². The van der Waals surface area contributed by atoms with Crippen LogP contribution in [0.3, 0.4) is 0 Å². The van der Waals surface area contributed by atoms with Crippen molar-refractivity contribution >= 4 is 11.9 Å². The third-order valence-corrected chi connectivity index (χ3v) is 4.67. The van der Waals surface area contributed by atoms with E-state index in [4.69, 9.17) is 14.2 Å². The molecule has 0 saturated heterocycles. The molecule has 2 aromatic rings. The Balaban J connectivity index is 2.04. The first-order valence-electron chi connectivity index (χ1n) is 9.66. The van der Waals surface area contributed by atoms with Gasteiger partial charge < -0.3 is 19.5 Å². The van der Waals surface area contributed by atoms with E-state index in [1.54, 1.807) is 12.1 Å². The van der Waals surface area contributed by atoms with Gasteiger partial charge in [-0.25, -0.2) is 4.79 Å². The highest BCUT2D eigenvalue weighted by molar-refractivity contribution is 5.90. The molecule has 2 rings (SSSR count). The molecule has 0 aliphatic carbocycles. The van der Waals surface area contributed by atoms with Crippen molar-refractivity contribution in [2.45, 2.75) is 33.2 Å². The number of hydrogen-bond donors (Lipinski definition) is 1. The van der Waals surface area contributed by atoms with Crippen molar-refractivity contribution < 1.29 is 23.8 Å². The van der Waals surface area contributed by atoms with Gasteiger partial charge in [-0.3, -0.25) is 4.79 Å². The molecule has 1 N–H and O–H groups in total. The number of ether oxygens (including phenoxy) is 3. The lowest BCUT2D eigenvalue weighted by Gasteiger charge is -2.23. The number of carbonyl (C=O) groups excluding carboxylic acids is 2. The molecule has 1 atom stereocenters. The van der Waals surface area contributed by atoms with E-state index in [1.165, 1.54) is 25.8 Å². The van der Waals surface area contributed by atoms with Crippen molar-refractivity contribution in [1.29, 1.82) is 0 Å². The largest absolute Gasteiger partial charge is 0.493 e. The fourth-order valence-corrected chi connectivity index (χ4v) is 2.99. The van der Waals surface area contributed by atoms with E-state index in [2.05, 4.69) is 50.4 Å². The van der Waals surface area contributed by atoms with Gasteiger partial charge >= 0.3 is 5.97 Å². The van der Waals surface area contributed by atoms with Gasteiger partial charge in [0.05, 0.1) is 25.8 Å². The lowest BCUT2D eigenvalue weighted by atomic mass is 9.95. The zero-order chi connectivity index (χ0) is 21.4. The summed E-state index contributed by atoms with van der Waals surface area (Å²) in [5.74, 6) is 0.254. The number of benzene rings is 2. The monoisotopic (exact) mass is 399 g/mol. The number of nitrogens with one attached hydrogen (secondary N) is 1. The topological polar surface area (TPSA) is 73.9 Å². The maximum Gasteiger partial charge on any atom is 0.337 e. The molecule has 2 aromatic carbocycles. The Morgan fingerprint density at radius 1 is 1.00 bits per heavy atom. The van der Waals surface area contributed by atoms with Crippen molar-refractivity contribution in [2.24, 2.45) is 5.92 Å². The molecule has 156 valence electrons. The van der Waals surface area contributed by atoms with Crippen LogP contribution in [0.15, 0.2) is 42.5 Å². The summed E-state index contributed by atoms with van der Waals surface area (Å²) in [4.78, 5) is 24.1. The number of carbonyl (C=O) groups is 2. The standard InChI is InChI=1S/C23H29NO5/c1-6-16-7-9-17(10-8-16)22(15(2)3)24-21(25)14-29-19-12-11-18(23(26)28-5)13-20(19)27-4/h7-13,15,22H,6,14H2,1-5H3,(H,24,25)/t22-/m1/s1. The van der Waals surface area contributed by atoms with Crippen molar-refractivity contribution in [3.8, 4) is 11.5 Å². The van der Waals surface area contributed by atoms with Gasteiger partial charge in [-0.2, -0.15) is 0 Å². The van der Waals surface area contributed by atoms with Gasteiger partial charge in [0.2, 0.25) is 0 Å². The second kappa shape index (κ2) is 10.5. The molecule has 0 aliphatic rings. The van der Waals surface area contributed by atoms with Crippen LogP contribution < -0.4 is 14.8 Å². The van der Waals surface area contributed by atoms with Gasteiger partial charge in [0.1, 0.15) is 0 Å². The van der Waals surface area contributed by atoms with Crippen LogP contribution in [-0.2, 0) is 16.0 Å². The lowest BCUT2D eigenvalue weighted by molar-refractivity contribution is -0.124. The molecule has 0 fully saturated rings. The molecule has 0 saturated carbocycles. The molecule has 0 aliphatic heterocycles. The van der Waals surface area contributed by atoms with Gasteiger partial charge in [0.25, 0.3) is 5.91 Å². The number of methoxy groups -OCH3 is 2. The van der Waals surface area contributed by atoms with Gasteiger partial charge in [-0.1, -0.05) is 45.0 Å². The Labute approximate surface area is 172 Å². The number of hydrogen-bond acceptors (Lipinski definition) is 5. The molecule has 0 radical (unpaired) electrons. The summed E-state index contributed by atoms with van der Waals surface area (Å²) < 4.78 is 15.6. The number of esters is 1. The van der Waals surface area contributed by atoms with E-state index in [0.29, 0.717) is 17.1 Å². The minimum Gasteiger partial charge on any atom is -0.493 e. The van der Waals surface area contributed by atoms with Crippen LogP contribution in [0, 0.1) is 5.92 Å². The number of aryl methyl sites for hydroxylation is 1. The van der Waals surface area contributed by atoms with Crippen LogP contribution in [0.25, 0.3) is 0 Å². The predicted molar refractivity (Wildman–Crippen MR) is 111 cm³/mol. The zero-order valence-corrected chi connectivity index (χ0v) is 17.7. The van der Waals surface area contributed by atoms with Crippen LogP contribution in [0.2, 0.25) is 0 Å². The van der Waals surface area contributed by atoms with E-state index in [9.17, 15) is 9.59 Å². The van der Waals surface area contributed by atoms with Crippen molar-refractivity contribution in [3.63, 3.8) is 0 Å². The fourth-order valence-electron chi connectivity index (χ4n) is 2.99. The smallest absolute Gasteiger partial charge is 0.337 e. The predicted octanol–water partition coefficient (Wildman–Crippen LogP) is 3.94. The van der Waals surface area contributed by atoms with Gasteiger partial charge in [-0.15, -0.1) is 0 Å². The highest BCUT2D eigenvalue weighted by Gasteiger charge is 2.19. The first kappa shape index (κ1) is 22.3. The second-order valence-corrected chi connectivity index (χ2v) is 7.03. The van der Waals surface area contributed by atoms with Crippen LogP contribution in [0.1, 0.15) is 48.3 Å². The third kappa shape index (κ3) is 5.98. The summed E-state index contributed by atoms with van der Waals surface area (Å²) in [6.45, 7) is 6.08. The normalized spacial score (nSPS) is 11.7. The van der Waals surface area contributed by atoms with E-state index in [0.717, 1.165) is 12.0 Å². The maximum absolute atomic E-state index is 12.5. The molecular weight excluding hydrogens is 370 g/mol. The van der Waals surface area contributed by atoms with Crippen molar-refractivity contribution in [1.82, 2.24) is 5.32 Å². The van der Waals surface area contributed by atoms with E-state index >= 15 is 0 Å². The fraction of sp³-hybridized carbons (Fsp3) is 0.391. The highest BCUT2D eigenvalue weighted by atomic mass is 16.5. The summed E-state index contributed by atoms with van der Waals surface area (Å²) in [6.07, 6.45) is 0.976. The van der Waals surface area contributed by atoms with Crippen LogP contribution >= 0.6 is 0 Å². The zero-order valence-electron chi connectivity index (χ0n) is 17.7. The molecule has 0 heterocycles. The van der Waals surface area contributed by atoms with E-state index in [-0.39, 0.29) is 24.5 Å². The molecule has 6 heteroatoms. The van der Waals surface area contributed by atoms with Crippen molar-refractivity contribution in [2.75, 3.05) is 20.8 Å². The third-order valence-electron chi connectivity index (χ3n) is 4.67. The molecule has 0 spiro atoms.